The molecule has 1 aliphatic heterocycles. The normalized spacial score (nSPS) is 17.0. The molecule has 1 aliphatic rings. The second kappa shape index (κ2) is 6.19. The van der Waals surface area contributed by atoms with Gasteiger partial charge in [-0.3, -0.25) is 10.1 Å². The van der Waals surface area contributed by atoms with Gasteiger partial charge in [0.05, 0.1) is 23.7 Å². The topological polar surface area (TPSA) is 130 Å². The number of urea groups is 1. The fourth-order valence-electron chi connectivity index (χ4n) is 2.79. The molecule has 2 aromatic rings. The Morgan fingerprint density at radius 2 is 2.21 bits per heavy atom. The van der Waals surface area contributed by atoms with Crippen molar-refractivity contribution >= 4 is 34.9 Å². The minimum absolute atomic E-state index is 0.229. The number of aromatic nitrogens is 2. The van der Waals surface area contributed by atoms with Crippen LogP contribution < -0.4 is 11.1 Å². The first kappa shape index (κ1) is 15.8. The molecule has 24 heavy (non-hydrogen) atoms. The maximum atomic E-state index is 12.3. The van der Waals surface area contributed by atoms with Crippen molar-refractivity contribution in [1.29, 1.82) is 0 Å². The van der Waals surface area contributed by atoms with Gasteiger partial charge >= 0.3 is 12.0 Å². The number of primary amides is 1. The summed E-state index contributed by atoms with van der Waals surface area (Å²) in [5.41, 5.74) is 6.86. The summed E-state index contributed by atoms with van der Waals surface area (Å²) in [6.07, 6.45) is 1.29. The molecule has 0 radical (unpaired) electrons. The third kappa shape index (κ3) is 2.87. The molecule has 9 heteroatoms. The molecule has 3 rings (SSSR count). The van der Waals surface area contributed by atoms with Gasteiger partial charge in [0.15, 0.2) is 0 Å². The number of hydrogen-bond donors (Lipinski definition) is 3. The van der Waals surface area contributed by atoms with Crippen LogP contribution in [0.15, 0.2) is 18.2 Å². The minimum atomic E-state index is -0.597. The molecule has 0 aliphatic carbocycles. The molecule has 3 amide bonds. The maximum Gasteiger partial charge on any atom is 0.337 e. The number of methoxy groups -OCH3 is 1. The molecule has 126 valence electrons. The lowest BCUT2D eigenvalue weighted by molar-refractivity contribution is -0.121. The van der Waals surface area contributed by atoms with Crippen LogP contribution >= 0.6 is 0 Å². The molecular weight excluding hydrogens is 314 g/mol. The lowest BCUT2D eigenvalue weighted by Crippen LogP contribution is -2.45. The first-order chi connectivity index (χ1) is 11.5. The van der Waals surface area contributed by atoms with Crippen LogP contribution in [0.3, 0.4) is 0 Å². The average Bonchev–Trinajstić information content (AvgIpc) is 3.19. The highest BCUT2D eigenvalue weighted by Crippen LogP contribution is 2.20. The van der Waals surface area contributed by atoms with Gasteiger partial charge in [0.25, 0.3) is 0 Å². The van der Waals surface area contributed by atoms with E-state index in [1.807, 2.05) is 0 Å². The largest absolute Gasteiger partial charge is 0.465 e. The first-order valence-corrected chi connectivity index (χ1v) is 7.44. The molecule has 1 aromatic carbocycles. The Morgan fingerprint density at radius 1 is 1.42 bits per heavy atom. The number of benzene rings is 1. The number of H-pyrrole nitrogens is 1. The van der Waals surface area contributed by atoms with Gasteiger partial charge in [-0.15, -0.1) is 0 Å². The zero-order chi connectivity index (χ0) is 17.3. The second-order valence-corrected chi connectivity index (χ2v) is 5.49. The molecule has 0 spiro atoms. The van der Waals surface area contributed by atoms with Gasteiger partial charge in [-0.1, -0.05) is 0 Å². The molecule has 1 saturated heterocycles. The summed E-state index contributed by atoms with van der Waals surface area (Å²) in [7, 11) is 1.30. The molecule has 0 bridgehead atoms. The highest BCUT2D eigenvalue weighted by Gasteiger charge is 2.33. The number of carbonyl (C=O) groups is 3. The summed E-state index contributed by atoms with van der Waals surface area (Å²) >= 11 is 0. The molecule has 1 fully saturated rings. The molecule has 0 saturated carbocycles. The number of imidazole rings is 1. The van der Waals surface area contributed by atoms with Crippen molar-refractivity contribution in [3.8, 4) is 0 Å². The summed E-state index contributed by atoms with van der Waals surface area (Å²) in [6, 6.07) is 3.79. The molecule has 0 unspecified atom stereocenters. The van der Waals surface area contributed by atoms with Crippen LogP contribution in [-0.2, 0) is 9.53 Å². The van der Waals surface area contributed by atoms with Gasteiger partial charge in [0.1, 0.15) is 6.04 Å². The van der Waals surface area contributed by atoms with Gasteiger partial charge in [-0.05, 0) is 31.0 Å². The van der Waals surface area contributed by atoms with E-state index in [0.29, 0.717) is 29.6 Å². The average molecular weight is 331 g/mol. The van der Waals surface area contributed by atoms with Crippen molar-refractivity contribution < 1.29 is 19.1 Å². The van der Waals surface area contributed by atoms with E-state index < -0.39 is 23.9 Å². The van der Waals surface area contributed by atoms with E-state index >= 15 is 0 Å². The lowest BCUT2D eigenvalue weighted by atomic mass is 10.2. The zero-order valence-corrected chi connectivity index (χ0v) is 13.0. The molecule has 9 nitrogen and oxygen atoms in total. The Bertz CT molecular complexity index is 815. The van der Waals surface area contributed by atoms with Gasteiger partial charge in [0, 0.05) is 6.54 Å². The maximum absolute atomic E-state index is 12.3. The Balaban J connectivity index is 1.79. The van der Waals surface area contributed by atoms with Crippen molar-refractivity contribution in [2.75, 3.05) is 19.0 Å². The fraction of sp³-hybridized carbons (Fsp3) is 0.333. The van der Waals surface area contributed by atoms with Crippen LogP contribution in [0.1, 0.15) is 23.2 Å². The van der Waals surface area contributed by atoms with Crippen molar-refractivity contribution in [3.63, 3.8) is 0 Å². The second-order valence-electron chi connectivity index (χ2n) is 5.49. The van der Waals surface area contributed by atoms with Gasteiger partial charge in [0.2, 0.25) is 11.9 Å². The van der Waals surface area contributed by atoms with Crippen molar-refractivity contribution in [1.82, 2.24) is 14.9 Å². The van der Waals surface area contributed by atoms with E-state index in [9.17, 15) is 14.4 Å². The molecule has 1 aromatic heterocycles. The van der Waals surface area contributed by atoms with Crippen LogP contribution in [0, 0.1) is 0 Å². The summed E-state index contributed by atoms with van der Waals surface area (Å²) in [5.74, 6) is -0.749. The van der Waals surface area contributed by atoms with E-state index in [1.54, 1.807) is 18.2 Å². The minimum Gasteiger partial charge on any atom is -0.465 e. The third-order valence-electron chi connectivity index (χ3n) is 3.97. The van der Waals surface area contributed by atoms with Crippen molar-refractivity contribution in [2.45, 2.75) is 18.9 Å². The lowest BCUT2D eigenvalue weighted by Gasteiger charge is -2.21. The number of amides is 3. The van der Waals surface area contributed by atoms with Gasteiger partial charge < -0.3 is 20.4 Å². The van der Waals surface area contributed by atoms with E-state index in [1.165, 1.54) is 12.0 Å². The SMILES string of the molecule is COC(=O)c1ccc2nc(NC(=O)N3CCC[C@H]3C(N)=O)[nH]c2c1. The zero-order valence-electron chi connectivity index (χ0n) is 13.0. The Kier molecular flexibility index (Phi) is 4.07. The highest BCUT2D eigenvalue weighted by atomic mass is 16.5. The smallest absolute Gasteiger partial charge is 0.337 e. The van der Waals surface area contributed by atoms with Crippen LogP contribution in [0.25, 0.3) is 11.0 Å². The number of fused-ring (bicyclic) bond motifs is 1. The quantitative estimate of drug-likeness (QED) is 0.717. The van der Waals surface area contributed by atoms with Crippen LogP contribution in [0.5, 0.6) is 0 Å². The number of rotatable bonds is 3. The number of nitrogens with one attached hydrogen (secondary N) is 2. The number of anilines is 1. The van der Waals surface area contributed by atoms with E-state index in [4.69, 9.17) is 5.73 Å². The summed E-state index contributed by atoms with van der Waals surface area (Å²) < 4.78 is 4.66. The van der Waals surface area contributed by atoms with Crippen molar-refractivity contribution in [2.24, 2.45) is 5.73 Å². The molecular formula is C15H17N5O4. The molecule has 2 heterocycles. The number of hydrogen-bond acceptors (Lipinski definition) is 5. The van der Waals surface area contributed by atoms with E-state index in [-0.39, 0.29) is 5.95 Å². The number of likely N-dealkylation sites (tertiary alicyclic amines) is 1. The summed E-state index contributed by atoms with van der Waals surface area (Å²) in [6.45, 7) is 0.464. The number of aromatic amines is 1. The number of nitrogens with zero attached hydrogens (tertiary/aromatic N) is 2. The fourth-order valence-corrected chi connectivity index (χ4v) is 2.79. The molecule has 4 N–H and O–H groups in total. The Hall–Kier alpha value is -3.10. The van der Waals surface area contributed by atoms with Crippen molar-refractivity contribution in [3.05, 3.63) is 23.8 Å². The van der Waals surface area contributed by atoms with Crippen LogP contribution in [0.2, 0.25) is 0 Å². The standard InChI is InChI=1S/C15H17N5O4/c1-24-13(22)8-4-5-9-10(7-8)18-14(17-9)19-15(23)20-6-2-3-11(20)12(16)21/h4-5,7,11H,2-3,6H2,1H3,(H2,16,21)(H2,17,18,19,23)/t11-/m0/s1. The number of esters is 1. The number of nitrogens with two attached hydrogens (primary N) is 1. The number of ether oxygens (including phenoxy) is 1. The molecule has 1 atom stereocenters. The first-order valence-electron chi connectivity index (χ1n) is 7.44. The summed E-state index contributed by atoms with van der Waals surface area (Å²) in [4.78, 5) is 43.8. The van der Waals surface area contributed by atoms with E-state index in [0.717, 1.165) is 6.42 Å². The third-order valence-corrected chi connectivity index (χ3v) is 3.97. The Morgan fingerprint density at radius 3 is 2.92 bits per heavy atom. The summed E-state index contributed by atoms with van der Waals surface area (Å²) in [5, 5.41) is 2.62. The predicted octanol–water partition coefficient (Wildman–Crippen LogP) is 0.831. The number of carbonyl (C=O) groups excluding carboxylic acids is 3. The Labute approximate surface area is 137 Å². The van der Waals surface area contributed by atoms with Crippen LogP contribution in [0.4, 0.5) is 10.7 Å². The van der Waals surface area contributed by atoms with E-state index in [2.05, 4.69) is 20.0 Å². The van der Waals surface area contributed by atoms with Gasteiger partial charge in [-0.2, -0.15) is 0 Å². The van der Waals surface area contributed by atoms with Crippen LogP contribution in [-0.4, -0.2) is 52.5 Å². The van der Waals surface area contributed by atoms with Gasteiger partial charge in [-0.25, -0.2) is 14.6 Å². The predicted molar refractivity (Wildman–Crippen MR) is 85.4 cm³/mol. The highest BCUT2D eigenvalue weighted by molar-refractivity contribution is 5.96. The monoisotopic (exact) mass is 331 g/mol.